The highest BCUT2D eigenvalue weighted by Crippen LogP contribution is 2.36. The lowest BCUT2D eigenvalue weighted by molar-refractivity contribution is -0.138. The van der Waals surface area contributed by atoms with Crippen LogP contribution in [0, 0.1) is 5.89 Å². The van der Waals surface area contributed by atoms with Crippen molar-refractivity contribution in [2.24, 2.45) is 5.89 Å². The molecule has 0 fully saturated rings. The molecule has 0 aromatic heterocycles. The van der Waals surface area contributed by atoms with Gasteiger partial charge in [-0.15, -0.1) is 0 Å². The Labute approximate surface area is 235 Å². The van der Waals surface area contributed by atoms with Gasteiger partial charge in [-0.3, -0.25) is 9.69 Å². The largest absolute Gasteiger partial charge is 0.478 e. The molecule has 38 heavy (non-hydrogen) atoms. The lowest BCUT2D eigenvalue weighted by Gasteiger charge is -2.32. The van der Waals surface area contributed by atoms with Crippen LogP contribution in [0.1, 0.15) is 80.0 Å². The van der Waals surface area contributed by atoms with E-state index in [0.29, 0.717) is 36.2 Å². The summed E-state index contributed by atoms with van der Waals surface area (Å²) in [7, 11) is 0. The summed E-state index contributed by atoms with van der Waals surface area (Å²) in [6.07, 6.45) is 1.72. The van der Waals surface area contributed by atoms with Gasteiger partial charge in [0.05, 0.1) is 12.5 Å². The normalized spacial score (nSPS) is 15.7. The standard InChI is InChI=1S/C26H37NO3.C4H4O4/c1-18(2)26(29)30-25-13-12-21(17-28)16-24(25)23(22-10-8-7-9-11-22)14-15-27(19(3)4)20(5)6;5-3(6)1-2-4(7)8/h7-13,16,18-20,23,28H,14-15,17H2,1-6H3;1-2H,(H,5,6)(H,7,8)/b;2-1+/t23-;/m1./s1/i1D3,2D3,18D;. The van der Waals surface area contributed by atoms with E-state index in [1.165, 1.54) is 12.1 Å². The van der Waals surface area contributed by atoms with Crippen LogP contribution < -0.4 is 4.74 Å². The van der Waals surface area contributed by atoms with Gasteiger partial charge in [0, 0.05) is 45.3 Å². The zero-order chi connectivity index (χ0) is 34.8. The Kier molecular flexibility index (Phi) is 9.69. The van der Waals surface area contributed by atoms with Crippen LogP contribution in [0.25, 0.3) is 0 Å². The number of carbonyl (C=O) groups excluding carboxylic acids is 1. The van der Waals surface area contributed by atoms with Crippen molar-refractivity contribution in [2.75, 3.05) is 6.54 Å². The fraction of sp³-hybridized carbons (Fsp3) is 0.433. The summed E-state index contributed by atoms with van der Waals surface area (Å²) >= 11 is 0. The number of carboxylic acids is 2. The van der Waals surface area contributed by atoms with Crippen LogP contribution in [0.5, 0.6) is 5.75 Å². The molecule has 0 aliphatic rings. The van der Waals surface area contributed by atoms with E-state index in [-0.39, 0.29) is 30.4 Å². The van der Waals surface area contributed by atoms with Crippen molar-refractivity contribution in [3.05, 3.63) is 77.4 Å². The average molecular weight is 535 g/mol. The smallest absolute Gasteiger partial charge is 0.328 e. The second-order valence-corrected chi connectivity index (χ2v) is 8.98. The third kappa shape index (κ3) is 11.3. The summed E-state index contributed by atoms with van der Waals surface area (Å²) in [4.78, 5) is 34.5. The number of esters is 1. The van der Waals surface area contributed by atoms with Crippen molar-refractivity contribution in [3.8, 4) is 5.75 Å². The minimum Gasteiger partial charge on any atom is -0.478 e. The van der Waals surface area contributed by atoms with Gasteiger partial charge in [0.25, 0.3) is 0 Å². The van der Waals surface area contributed by atoms with Crippen LogP contribution in [0.2, 0.25) is 0 Å². The third-order valence-corrected chi connectivity index (χ3v) is 5.61. The van der Waals surface area contributed by atoms with Crippen LogP contribution in [-0.4, -0.2) is 56.8 Å². The number of hydrogen-bond acceptors (Lipinski definition) is 6. The van der Waals surface area contributed by atoms with E-state index in [0.717, 1.165) is 5.56 Å². The number of aliphatic hydroxyl groups excluding tert-OH is 1. The number of carbonyl (C=O) groups is 3. The van der Waals surface area contributed by atoms with Crippen molar-refractivity contribution in [2.45, 2.75) is 72.4 Å². The molecule has 3 N–H and O–H groups in total. The van der Waals surface area contributed by atoms with Gasteiger partial charge in [-0.1, -0.05) is 50.1 Å². The molecule has 0 saturated carbocycles. The Balaban J connectivity index is 0.00000111. The van der Waals surface area contributed by atoms with Crippen LogP contribution in [-0.2, 0) is 21.0 Å². The maximum absolute atomic E-state index is 13.1. The number of benzene rings is 2. The van der Waals surface area contributed by atoms with E-state index in [1.54, 1.807) is 6.07 Å². The molecule has 0 aliphatic carbocycles. The zero-order valence-electron chi connectivity index (χ0n) is 29.0. The molecule has 0 bridgehead atoms. The molecule has 0 heterocycles. The molecule has 0 amide bonds. The molecular weight excluding hydrogens is 486 g/mol. The molecule has 2 aromatic rings. The van der Waals surface area contributed by atoms with Gasteiger partial charge in [-0.05, 0) is 63.9 Å². The third-order valence-electron chi connectivity index (χ3n) is 5.61. The molecule has 0 radical (unpaired) electrons. The van der Waals surface area contributed by atoms with Crippen LogP contribution in [0.15, 0.2) is 60.7 Å². The topological polar surface area (TPSA) is 124 Å². The Morgan fingerprint density at radius 3 is 2.03 bits per heavy atom. The molecular formula is C30H41NO7. The summed E-state index contributed by atoms with van der Waals surface area (Å²) in [6, 6.07) is 14.6. The summed E-state index contributed by atoms with van der Waals surface area (Å²) in [6.45, 7) is 1.94. The van der Waals surface area contributed by atoms with E-state index < -0.39 is 37.5 Å². The number of nitrogens with zero attached hydrogens (tertiary/aromatic N) is 1. The molecule has 8 nitrogen and oxygen atoms in total. The molecule has 0 aliphatic heterocycles. The molecule has 2 aromatic carbocycles. The van der Waals surface area contributed by atoms with Gasteiger partial charge in [-0.2, -0.15) is 0 Å². The second kappa shape index (κ2) is 16.4. The average Bonchev–Trinajstić information content (AvgIpc) is 2.93. The van der Waals surface area contributed by atoms with E-state index in [1.807, 2.05) is 30.3 Å². The van der Waals surface area contributed by atoms with Gasteiger partial charge in [0.15, 0.2) is 0 Å². The van der Waals surface area contributed by atoms with Crippen molar-refractivity contribution < 1.29 is 44.0 Å². The minimum atomic E-state index is -3.47. The predicted molar refractivity (Wildman–Crippen MR) is 147 cm³/mol. The van der Waals surface area contributed by atoms with E-state index in [4.69, 9.17) is 24.5 Å². The summed E-state index contributed by atoms with van der Waals surface area (Å²) in [5.41, 5.74) is 1.95. The summed E-state index contributed by atoms with van der Waals surface area (Å²) in [5, 5.41) is 25.4. The molecule has 8 heteroatoms. The van der Waals surface area contributed by atoms with Gasteiger partial charge < -0.3 is 20.1 Å². The molecule has 208 valence electrons. The fourth-order valence-corrected chi connectivity index (χ4v) is 3.93. The first-order valence-electron chi connectivity index (χ1n) is 15.6. The Morgan fingerprint density at radius 2 is 1.55 bits per heavy atom. The molecule has 1 atom stereocenters. The first-order valence-corrected chi connectivity index (χ1v) is 12.1. The van der Waals surface area contributed by atoms with Crippen molar-refractivity contribution in [1.82, 2.24) is 4.90 Å². The fourth-order valence-electron chi connectivity index (χ4n) is 3.93. The molecule has 2 rings (SSSR count). The van der Waals surface area contributed by atoms with Crippen LogP contribution in [0.4, 0.5) is 0 Å². The highest BCUT2D eigenvalue weighted by molar-refractivity contribution is 5.89. The van der Waals surface area contributed by atoms with Crippen molar-refractivity contribution in [1.29, 1.82) is 0 Å². The monoisotopic (exact) mass is 534 g/mol. The van der Waals surface area contributed by atoms with Crippen molar-refractivity contribution >= 4 is 17.9 Å². The number of hydrogen-bond donors (Lipinski definition) is 3. The molecule has 0 spiro atoms. The number of aliphatic hydroxyl groups is 1. The Morgan fingerprint density at radius 1 is 0.974 bits per heavy atom. The number of carboxylic acid groups (broad SMARTS) is 2. The van der Waals surface area contributed by atoms with E-state index in [2.05, 4.69) is 32.6 Å². The van der Waals surface area contributed by atoms with E-state index in [9.17, 15) is 19.5 Å². The maximum atomic E-state index is 13.1. The van der Waals surface area contributed by atoms with Gasteiger partial charge in [0.1, 0.15) is 5.75 Å². The maximum Gasteiger partial charge on any atom is 0.328 e. The first kappa shape index (κ1) is 22.5. The van der Waals surface area contributed by atoms with Crippen LogP contribution in [0.3, 0.4) is 0 Å². The highest BCUT2D eigenvalue weighted by atomic mass is 16.5. The summed E-state index contributed by atoms with van der Waals surface area (Å²) < 4.78 is 59.3. The van der Waals surface area contributed by atoms with E-state index >= 15 is 0 Å². The highest BCUT2D eigenvalue weighted by Gasteiger charge is 2.23. The number of aliphatic carboxylic acids is 2. The number of ether oxygens (including phenoxy) is 1. The molecule has 0 saturated heterocycles. The van der Waals surface area contributed by atoms with Crippen LogP contribution >= 0.6 is 0 Å². The summed E-state index contributed by atoms with van der Waals surface area (Å²) in [5.74, 6) is -8.03. The number of rotatable bonds is 12. The minimum absolute atomic E-state index is 0.0400. The van der Waals surface area contributed by atoms with Gasteiger partial charge in [-0.25, -0.2) is 9.59 Å². The van der Waals surface area contributed by atoms with Gasteiger partial charge >= 0.3 is 17.9 Å². The Bertz CT molecular complexity index is 1270. The first-order chi connectivity index (χ1) is 20.7. The second-order valence-electron chi connectivity index (χ2n) is 8.98. The zero-order valence-corrected chi connectivity index (χ0v) is 22.0. The lowest BCUT2D eigenvalue weighted by Crippen LogP contribution is -2.38. The predicted octanol–water partition coefficient (Wildman–Crippen LogP) is 5.09. The van der Waals surface area contributed by atoms with Gasteiger partial charge in [0.2, 0.25) is 0 Å². The van der Waals surface area contributed by atoms with Crippen molar-refractivity contribution in [3.63, 3.8) is 0 Å². The lowest BCUT2D eigenvalue weighted by atomic mass is 9.86. The quantitative estimate of drug-likeness (QED) is 0.195. The SMILES string of the molecule is O=C(O)/C=C/C(=O)O.[2H]C([2H])([2H])C([2H])(C(=O)Oc1ccc(CO)cc1[C@H](CCN(C(C)C)C(C)C)c1ccccc1)C([2H])([2H])[2H]. The molecule has 0 unspecified atom stereocenters. The Hall–Kier alpha value is -3.49.